The smallest absolute Gasteiger partial charge is 0.332 e. The molecule has 0 rings (SSSR count). The van der Waals surface area contributed by atoms with E-state index in [2.05, 4.69) is 29.2 Å². The van der Waals surface area contributed by atoms with Crippen LogP contribution in [0.3, 0.4) is 0 Å². The molecule has 0 saturated heterocycles. The molecule has 0 aromatic carbocycles. The lowest BCUT2D eigenvalue weighted by Crippen LogP contribution is -1.98. The number of allylic oxidation sites excluding steroid dienone is 1. The normalized spacial score (nSPS) is 6.83. The Hall–Kier alpha value is -2.35. The third-order valence-electron chi connectivity index (χ3n) is 1.16. The van der Waals surface area contributed by atoms with Gasteiger partial charge in [0.25, 0.3) is 0 Å². The first-order valence-corrected chi connectivity index (χ1v) is 4.76. The molecule has 18 heavy (non-hydrogen) atoms. The minimum Gasteiger partial charge on any atom is -0.466 e. The molecule has 5 heteroatoms. The lowest BCUT2D eigenvalue weighted by atomic mass is 10.4. The summed E-state index contributed by atoms with van der Waals surface area (Å²) in [6.07, 6.45) is 1.18. The van der Waals surface area contributed by atoms with Crippen LogP contribution in [0, 0.1) is 11.3 Å². The number of hydrogen-bond donors (Lipinski definition) is 0. The van der Waals surface area contributed by atoms with E-state index in [0.29, 0.717) is 11.1 Å². The third kappa shape index (κ3) is 19.3. The van der Waals surface area contributed by atoms with Crippen molar-refractivity contribution in [1.29, 1.82) is 5.26 Å². The van der Waals surface area contributed by atoms with Gasteiger partial charge in [-0.2, -0.15) is 5.26 Å². The Morgan fingerprint density at radius 3 is 1.28 bits per heavy atom. The zero-order valence-electron chi connectivity index (χ0n) is 11.3. The Labute approximate surface area is 108 Å². The summed E-state index contributed by atoms with van der Waals surface area (Å²) in [5.41, 5.74) is 0.866. The molecule has 0 heterocycles. The number of carbonyl (C=O) groups is 2. The maximum Gasteiger partial charge on any atom is 0.332 e. The van der Waals surface area contributed by atoms with Crippen LogP contribution in [0.15, 0.2) is 37.0 Å². The molecule has 0 aromatic rings. The largest absolute Gasteiger partial charge is 0.466 e. The van der Waals surface area contributed by atoms with Gasteiger partial charge in [-0.05, 0) is 13.8 Å². The van der Waals surface area contributed by atoms with Crippen molar-refractivity contribution in [2.75, 3.05) is 14.2 Å². The number of nitrogens with zero attached hydrogens (tertiary/aromatic N) is 1. The van der Waals surface area contributed by atoms with Crippen molar-refractivity contribution < 1.29 is 19.1 Å². The molecule has 0 aliphatic heterocycles. The van der Waals surface area contributed by atoms with E-state index in [9.17, 15) is 9.59 Å². The van der Waals surface area contributed by atoms with Gasteiger partial charge in [0.05, 0.1) is 20.3 Å². The number of nitriles is 1. The van der Waals surface area contributed by atoms with Crippen LogP contribution in [0.4, 0.5) is 0 Å². The summed E-state index contributed by atoms with van der Waals surface area (Å²) in [6.45, 7) is 13.0. The second-order valence-corrected chi connectivity index (χ2v) is 2.88. The van der Waals surface area contributed by atoms with E-state index in [1.807, 2.05) is 0 Å². The number of esters is 2. The molecular weight excluding hydrogens is 234 g/mol. The van der Waals surface area contributed by atoms with Crippen molar-refractivity contribution in [3.8, 4) is 6.07 Å². The molecule has 0 aromatic heterocycles. The highest BCUT2D eigenvalue weighted by molar-refractivity contribution is 5.87. The molecule has 0 fully saturated rings. The predicted molar refractivity (Wildman–Crippen MR) is 69.5 cm³/mol. The van der Waals surface area contributed by atoms with E-state index < -0.39 is 0 Å². The molecule has 0 N–H and O–H groups in total. The molecule has 0 aliphatic carbocycles. The molecule has 0 saturated carbocycles. The van der Waals surface area contributed by atoms with Crippen molar-refractivity contribution in [2.45, 2.75) is 13.8 Å². The van der Waals surface area contributed by atoms with Crippen molar-refractivity contribution in [3.63, 3.8) is 0 Å². The van der Waals surface area contributed by atoms with E-state index in [4.69, 9.17) is 5.26 Å². The predicted octanol–water partition coefficient (Wildman–Crippen LogP) is 2.17. The highest BCUT2D eigenvalue weighted by Gasteiger charge is 1.96. The first-order valence-electron chi connectivity index (χ1n) is 4.76. The molecule has 0 bridgehead atoms. The number of methoxy groups -OCH3 is 2. The summed E-state index contributed by atoms with van der Waals surface area (Å²) >= 11 is 0. The van der Waals surface area contributed by atoms with Gasteiger partial charge in [-0.3, -0.25) is 0 Å². The summed E-state index contributed by atoms with van der Waals surface area (Å²) in [6, 6.07) is 1.69. The molecule has 0 radical (unpaired) electrons. The Balaban J connectivity index is -0.000000196. The fraction of sp³-hybridized carbons (Fsp3) is 0.308. The first-order chi connectivity index (χ1) is 8.28. The van der Waals surface area contributed by atoms with E-state index in [1.54, 1.807) is 19.9 Å². The van der Waals surface area contributed by atoms with Crippen LogP contribution in [-0.2, 0) is 19.1 Å². The van der Waals surface area contributed by atoms with Crippen molar-refractivity contribution in [2.24, 2.45) is 0 Å². The van der Waals surface area contributed by atoms with Gasteiger partial charge in [0.2, 0.25) is 0 Å². The molecule has 100 valence electrons. The van der Waals surface area contributed by atoms with Gasteiger partial charge in [-0.1, -0.05) is 19.7 Å². The van der Waals surface area contributed by atoms with Crippen molar-refractivity contribution >= 4 is 11.9 Å². The minimum absolute atomic E-state index is 0.347. The fourth-order valence-electron chi connectivity index (χ4n) is 0.348. The average molecular weight is 253 g/mol. The summed E-state index contributed by atoms with van der Waals surface area (Å²) in [4.78, 5) is 20.4. The number of carbonyl (C=O) groups excluding carboxylic acids is 2. The Kier molecular flexibility index (Phi) is 17.1. The summed E-state index contributed by atoms with van der Waals surface area (Å²) in [7, 11) is 2.66. The Morgan fingerprint density at radius 2 is 1.28 bits per heavy atom. The van der Waals surface area contributed by atoms with E-state index >= 15 is 0 Å². The number of ether oxygens (including phenoxy) is 2. The van der Waals surface area contributed by atoms with E-state index in [0.717, 1.165) is 0 Å². The standard InChI is InChI=1S/2C5H8O2.C3H3N/c2*1-4(2)5(6)7-3;1-2-3-4/h2*1H2,2-3H3;2H,1H2. The highest BCUT2D eigenvalue weighted by atomic mass is 16.5. The maximum absolute atomic E-state index is 10.2. The minimum atomic E-state index is -0.347. The molecule has 0 unspecified atom stereocenters. The van der Waals surface area contributed by atoms with Gasteiger partial charge in [-0.15, -0.1) is 0 Å². The SMILES string of the molecule is C=C(C)C(=O)OC.C=C(C)C(=O)OC.C=CC#N. The molecular formula is C13H19NO4. The van der Waals surface area contributed by atoms with Gasteiger partial charge in [0.1, 0.15) is 0 Å². The summed E-state index contributed by atoms with van der Waals surface area (Å²) in [5, 5.41) is 7.51. The van der Waals surface area contributed by atoms with Gasteiger partial charge in [0, 0.05) is 17.2 Å². The second-order valence-electron chi connectivity index (χ2n) is 2.88. The summed E-state index contributed by atoms with van der Waals surface area (Å²) < 4.78 is 8.55. The van der Waals surface area contributed by atoms with E-state index in [-0.39, 0.29) is 11.9 Å². The molecule has 0 amide bonds. The first kappa shape index (κ1) is 21.0. The van der Waals surface area contributed by atoms with E-state index in [1.165, 1.54) is 20.3 Å². The number of hydrogen-bond acceptors (Lipinski definition) is 5. The van der Waals surface area contributed by atoms with Gasteiger partial charge >= 0.3 is 11.9 Å². The van der Waals surface area contributed by atoms with Crippen LogP contribution in [0.1, 0.15) is 13.8 Å². The monoisotopic (exact) mass is 253 g/mol. The van der Waals surface area contributed by atoms with Crippen molar-refractivity contribution in [3.05, 3.63) is 37.0 Å². The van der Waals surface area contributed by atoms with Crippen LogP contribution >= 0.6 is 0 Å². The molecule has 0 aliphatic rings. The lowest BCUT2D eigenvalue weighted by Gasteiger charge is -1.91. The quantitative estimate of drug-likeness (QED) is 0.428. The summed E-state index contributed by atoms with van der Waals surface area (Å²) in [5.74, 6) is -0.694. The van der Waals surface area contributed by atoms with Crippen LogP contribution in [0.25, 0.3) is 0 Å². The lowest BCUT2D eigenvalue weighted by molar-refractivity contribution is -0.136. The zero-order chi connectivity index (χ0) is 15.1. The van der Waals surface area contributed by atoms with Gasteiger partial charge < -0.3 is 9.47 Å². The second kappa shape index (κ2) is 14.6. The third-order valence-corrected chi connectivity index (χ3v) is 1.16. The maximum atomic E-state index is 10.2. The van der Waals surface area contributed by atoms with Gasteiger partial charge in [0.15, 0.2) is 0 Å². The number of rotatable bonds is 2. The zero-order valence-corrected chi connectivity index (χ0v) is 11.3. The van der Waals surface area contributed by atoms with Crippen molar-refractivity contribution in [1.82, 2.24) is 0 Å². The fourth-order valence-corrected chi connectivity index (χ4v) is 0.348. The molecule has 5 nitrogen and oxygen atoms in total. The highest BCUT2D eigenvalue weighted by Crippen LogP contribution is 1.87. The Morgan fingerprint density at radius 1 is 1.06 bits per heavy atom. The van der Waals surface area contributed by atoms with Gasteiger partial charge in [-0.25, -0.2) is 9.59 Å². The van der Waals surface area contributed by atoms with Crippen LogP contribution in [-0.4, -0.2) is 26.2 Å². The van der Waals surface area contributed by atoms with Crippen LogP contribution in [0.5, 0.6) is 0 Å². The molecule has 0 spiro atoms. The van der Waals surface area contributed by atoms with Crippen LogP contribution in [0.2, 0.25) is 0 Å². The average Bonchev–Trinajstić information content (AvgIpc) is 2.37. The Bertz CT molecular complexity index is 324. The molecule has 0 atom stereocenters. The van der Waals surface area contributed by atoms with Crippen LogP contribution < -0.4 is 0 Å². The topological polar surface area (TPSA) is 76.4 Å².